The monoisotopic (exact) mass is 242 g/mol. The average Bonchev–Trinajstić information content (AvgIpc) is 2.51. The molecule has 1 aromatic heterocycles. The van der Waals surface area contributed by atoms with Crippen LogP contribution in [0.25, 0.3) is 0 Å². The van der Waals surface area contributed by atoms with Crippen molar-refractivity contribution >= 4 is 30.1 Å². The van der Waals surface area contributed by atoms with Gasteiger partial charge in [0.05, 0.1) is 17.4 Å². The smallest absolute Gasteiger partial charge is 0.315 e. The van der Waals surface area contributed by atoms with Gasteiger partial charge in [0.25, 0.3) is 0 Å². The first kappa shape index (κ1) is 10.9. The van der Waals surface area contributed by atoms with E-state index in [9.17, 15) is 0 Å². The van der Waals surface area contributed by atoms with Gasteiger partial charge in [-0.3, -0.25) is 0 Å². The average molecular weight is 243 g/mol. The number of halogens is 1. The molecule has 0 radical (unpaired) electrons. The van der Waals surface area contributed by atoms with Gasteiger partial charge in [-0.25, -0.2) is 0 Å². The maximum Gasteiger partial charge on any atom is 0.401 e. The Balaban J connectivity index is 2.73. The topological polar surface area (TPSA) is 45.5 Å². The molecular weight excluding hydrogens is 235 g/mol. The molecule has 0 atom stereocenters. The molecule has 74 valence electrons. The molecular formula is C5H8ClN2O3PS. The highest BCUT2D eigenvalue weighted by Gasteiger charge is 2.19. The minimum atomic E-state index is -2.71. The summed E-state index contributed by atoms with van der Waals surface area (Å²) < 4.78 is 14.9. The summed E-state index contributed by atoms with van der Waals surface area (Å²) in [5.74, 6) is 0. The van der Waals surface area contributed by atoms with Crippen molar-refractivity contribution in [1.29, 1.82) is 0 Å². The van der Waals surface area contributed by atoms with Gasteiger partial charge in [0, 0.05) is 26.0 Å². The van der Waals surface area contributed by atoms with E-state index in [4.69, 9.17) is 37.1 Å². The summed E-state index contributed by atoms with van der Waals surface area (Å²) in [6, 6.07) is 0. The lowest BCUT2D eigenvalue weighted by Gasteiger charge is -2.16. The molecule has 13 heavy (non-hydrogen) atoms. The first-order valence-electron chi connectivity index (χ1n) is 3.21. The van der Waals surface area contributed by atoms with Gasteiger partial charge in [0.1, 0.15) is 0 Å². The Morgan fingerprint density at radius 2 is 2.15 bits per heavy atom. The SMILES string of the molecule is COP(=S)(OC)On1cc(Cl)cn1. The minimum absolute atomic E-state index is 0.453. The Morgan fingerprint density at radius 3 is 2.54 bits per heavy atom. The standard InChI is InChI=1S/C5H8ClN2O3PS/c1-9-12(13,10-2)11-8-4-5(6)3-7-8/h3-4H,1-2H3. The van der Waals surface area contributed by atoms with E-state index in [0.29, 0.717) is 5.02 Å². The van der Waals surface area contributed by atoms with E-state index >= 15 is 0 Å². The van der Waals surface area contributed by atoms with Crippen LogP contribution in [-0.4, -0.2) is 24.2 Å². The minimum Gasteiger partial charge on any atom is -0.315 e. The van der Waals surface area contributed by atoms with E-state index in [0.717, 1.165) is 4.85 Å². The molecule has 0 aliphatic rings. The lowest BCUT2D eigenvalue weighted by atomic mass is 10.8. The van der Waals surface area contributed by atoms with Crippen LogP contribution < -0.4 is 4.62 Å². The largest absolute Gasteiger partial charge is 0.401 e. The highest BCUT2D eigenvalue weighted by atomic mass is 35.5. The number of hydrogen-bond acceptors (Lipinski definition) is 5. The molecule has 0 amide bonds. The molecule has 0 fully saturated rings. The molecule has 0 spiro atoms. The molecule has 0 aromatic carbocycles. The van der Waals surface area contributed by atoms with E-state index in [-0.39, 0.29) is 0 Å². The van der Waals surface area contributed by atoms with Gasteiger partial charge in [-0.05, 0) is 0 Å². The molecule has 0 unspecified atom stereocenters. The quantitative estimate of drug-likeness (QED) is 0.749. The maximum atomic E-state index is 5.61. The van der Waals surface area contributed by atoms with Crippen molar-refractivity contribution in [2.24, 2.45) is 0 Å². The molecule has 0 aliphatic heterocycles. The van der Waals surface area contributed by atoms with Crippen molar-refractivity contribution in [1.82, 2.24) is 9.94 Å². The van der Waals surface area contributed by atoms with Gasteiger partial charge in [-0.2, -0.15) is 0 Å². The molecule has 0 N–H and O–H groups in total. The predicted octanol–water partition coefficient (Wildman–Crippen LogP) is 1.48. The van der Waals surface area contributed by atoms with Crippen LogP contribution in [0.4, 0.5) is 0 Å². The van der Waals surface area contributed by atoms with Crippen molar-refractivity contribution in [3.8, 4) is 0 Å². The Hall–Kier alpha value is -0.130. The molecule has 0 saturated carbocycles. The molecule has 0 aliphatic carbocycles. The first-order valence-corrected chi connectivity index (χ1v) is 6.15. The third kappa shape index (κ3) is 2.93. The zero-order valence-corrected chi connectivity index (χ0v) is 9.47. The Morgan fingerprint density at radius 1 is 1.54 bits per heavy atom. The van der Waals surface area contributed by atoms with Crippen LogP contribution in [0.2, 0.25) is 5.02 Å². The van der Waals surface area contributed by atoms with E-state index in [2.05, 4.69) is 5.10 Å². The molecule has 0 bridgehead atoms. The summed E-state index contributed by atoms with van der Waals surface area (Å²) in [4.78, 5) is 1.12. The zero-order chi connectivity index (χ0) is 9.90. The van der Waals surface area contributed by atoms with Crippen molar-refractivity contribution in [2.75, 3.05) is 14.2 Å². The lowest BCUT2D eigenvalue weighted by Crippen LogP contribution is -2.10. The predicted molar refractivity (Wildman–Crippen MR) is 52.1 cm³/mol. The molecule has 1 aromatic rings. The summed E-state index contributed by atoms with van der Waals surface area (Å²) in [6.07, 6.45) is 2.88. The number of hydrogen-bond donors (Lipinski definition) is 0. The van der Waals surface area contributed by atoms with Crippen LogP contribution in [0, 0.1) is 0 Å². The van der Waals surface area contributed by atoms with Crippen molar-refractivity contribution in [3.63, 3.8) is 0 Å². The maximum absolute atomic E-state index is 5.61. The van der Waals surface area contributed by atoms with Gasteiger partial charge in [-0.15, -0.1) is 5.10 Å². The van der Waals surface area contributed by atoms with E-state index < -0.39 is 6.72 Å². The lowest BCUT2D eigenvalue weighted by molar-refractivity contribution is 0.163. The van der Waals surface area contributed by atoms with Crippen LogP contribution in [0.3, 0.4) is 0 Å². The van der Waals surface area contributed by atoms with Gasteiger partial charge in [0.2, 0.25) is 0 Å². The van der Waals surface area contributed by atoms with Gasteiger partial charge >= 0.3 is 6.72 Å². The second-order valence-electron chi connectivity index (χ2n) is 1.96. The highest BCUT2D eigenvalue weighted by molar-refractivity contribution is 8.07. The van der Waals surface area contributed by atoms with Crippen LogP contribution >= 0.6 is 18.3 Å². The summed E-state index contributed by atoms with van der Waals surface area (Å²) in [6.45, 7) is -2.71. The first-order chi connectivity index (χ1) is 6.09. The third-order valence-electron chi connectivity index (χ3n) is 1.16. The summed E-state index contributed by atoms with van der Waals surface area (Å²) in [5, 5.41) is 4.21. The number of nitrogens with zero attached hydrogens (tertiary/aromatic N) is 2. The van der Waals surface area contributed by atoms with Crippen LogP contribution in [0.5, 0.6) is 0 Å². The van der Waals surface area contributed by atoms with Crippen molar-refractivity contribution in [2.45, 2.75) is 0 Å². The fraction of sp³-hybridized carbons (Fsp3) is 0.400. The van der Waals surface area contributed by atoms with Gasteiger partial charge < -0.3 is 13.7 Å². The fourth-order valence-electron chi connectivity index (χ4n) is 0.573. The van der Waals surface area contributed by atoms with E-state index in [1.165, 1.54) is 26.6 Å². The second-order valence-corrected chi connectivity index (χ2v) is 5.52. The van der Waals surface area contributed by atoms with E-state index in [1.807, 2.05) is 0 Å². The normalized spacial score (nSPS) is 11.6. The van der Waals surface area contributed by atoms with Crippen LogP contribution in [0.1, 0.15) is 0 Å². The fourth-order valence-corrected chi connectivity index (χ4v) is 1.48. The molecule has 1 heterocycles. The van der Waals surface area contributed by atoms with E-state index in [1.54, 1.807) is 0 Å². The Labute approximate surface area is 85.7 Å². The molecule has 0 saturated heterocycles. The zero-order valence-electron chi connectivity index (χ0n) is 7.01. The molecule has 5 nitrogen and oxygen atoms in total. The summed E-state index contributed by atoms with van der Waals surface area (Å²) >= 11 is 10.5. The summed E-state index contributed by atoms with van der Waals surface area (Å²) in [7, 11) is 2.82. The van der Waals surface area contributed by atoms with Crippen LogP contribution in [0.15, 0.2) is 12.4 Å². The molecule has 8 heteroatoms. The number of rotatable bonds is 4. The Kier molecular flexibility index (Phi) is 3.70. The Bertz CT molecular complexity index is 323. The third-order valence-corrected chi connectivity index (χ3v) is 3.71. The van der Waals surface area contributed by atoms with Crippen LogP contribution in [-0.2, 0) is 20.9 Å². The summed E-state index contributed by atoms with van der Waals surface area (Å²) in [5.41, 5.74) is 0. The highest BCUT2D eigenvalue weighted by Crippen LogP contribution is 2.44. The number of aromatic nitrogens is 2. The van der Waals surface area contributed by atoms with Crippen molar-refractivity contribution < 1.29 is 13.7 Å². The van der Waals surface area contributed by atoms with Gasteiger partial charge in [0.15, 0.2) is 0 Å². The van der Waals surface area contributed by atoms with Gasteiger partial charge in [-0.1, -0.05) is 16.4 Å². The van der Waals surface area contributed by atoms with Crippen molar-refractivity contribution in [3.05, 3.63) is 17.4 Å². The second kappa shape index (κ2) is 4.39. The molecule has 1 rings (SSSR count).